The third kappa shape index (κ3) is 7.25. The Hall–Kier alpha value is -3.31. The third-order valence-corrected chi connectivity index (χ3v) is 8.10. The molecular formula is C30H35ClN2O12. The van der Waals surface area contributed by atoms with E-state index >= 15 is 0 Å². The molecule has 3 aliphatic rings. The first-order valence-electron chi connectivity index (χ1n) is 14.2. The quantitative estimate of drug-likeness (QED) is 0.109. The number of nitrogens with zero attached hydrogens (tertiary/aromatic N) is 1. The first-order valence-corrected chi connectivity index (χ1v) is 14.5. The summed E-state index contributed by atoms with van der Waals surface area (Å²) in [4.78, 5) is 18.3. The summed E-state index contributed by atoms with van der Waals surface area (Å²) in [6.07, 6.45) is -9.11. The van der Waals surface area contributed by atoms with Crippen LogP contribution in [0.2, 0.25) is 5.02 Å². The van der Waals surface area contributed by atoms with E-state index in [4.69, 9.17) is 35.4 Å². The van der Waals surface area contributed by atoms with Crippen molar-refractivity contribution in [1.29, 1.82) is 0 Å². The molecule has 7 N–H and O–H groups in total. The summed E-state index contributed by atoms with van der Waals surface area (Å²) >= 11 is 5.96. The van der Waals surface area contributed by atoms with Crippen molar-refractivity contribution in [2.24, 2.45) is 5.16 Å². The van der Waals surface area contributed by atoms with Crippen LogP contribution in [-0.2, 0) is 23.8 Å². The summed E-state index contributed by atoms with van der Waals surface area (Å²) in [6, 6.07) is 9.94. The molecule has 1 unspecified atom stereocenters. The molecule has 1 aliphatic carbocycles. The lowest BCUT2D eigenvalue weighted by atomic mass is 9.83. The summed E-state index contributed by atoms with van der Waals surface area (Å²) in [5, 5.41) is 69.9. The van der Waals surface area contributed by atoms with Crippen molar-refractivity contribution in [1.82, 2.24) is 5.32 Å². The molecule has 2 heterocycles. The second-order valence-electron chi connectivity index (χ2n) is 11.1. The topological polar surface area (TPSA) is 209 Å². The maximum absolute atomic E-state index is 12.9. The number of oxime groups is 1. The van der Waals surface area contributed by atoms with Crippen molar-refractivity contribution in [3.63, 3.8) is 0 Å². The van der Waals surface area contributed by atoms with E-state index in [9.17, 15) is 35.4 Å². The molecule has 1 saturated carbocycles. The number of hydrogen-bond acceptors (Lipinski definition) is 13. The molecular weight excluding hydrogens is 616 g/mol. The Bertz CT molecular complexity index is 1430. The lowest BCUT2D eigenvalue weighted by Gasteiger charge is -2.41. The smallest absolute Gasteiger partial charge is 0.247 e. The van der Waals surface area contributed by atoms with Crippen LogP contribution in [0.15, 0.2) is 53.2 Å². The van der Waals surface area contributed by atoms with Crippen molar-refractivity contribution in [2.75, 3.05) is 6.79 Å². The summed E-state index contributed by atoms with van der Waals surface area (Å²) in [7, 11) is 0. The number of carbonyl (C=O) groups is 1. The van der Waals surface area contributed by atoms with Gasteiger partial charge in [-0.15, -0.1) is 0 Å². The fourth-order valence-electron chi connectivity index (χ4n) is 5.38. The van der Waals surface area contributed by atoms with Gasteiger partial charge in [0, 0.05) is 10.6 Å². The number of amides is 1. The van der Waals surface area contributed by atoms with Gasteiger partial charge < -0.3 is 59.7 Å². The molecule has 0 bridgehead atoms. The van der Waals surface area contributed by atoms with Crippen LogP contribution in [0.5, 0.6) is 11.5 Å². The predicted molar refractivity (Wildman–Crippen MR) is 157 cm³/mol. The number of aromatic hydroxyl groups is 1. The van der Waals surface area contributed by atoms with Gasteiger partial charge in [-0.3, -0.25) is 4.79 Å². The largest absolute Gasteiger partial charge is 0.504 e. The third-order valence-electron chi connectivity index (χ3n) is 7.87. The SMILES string of the molecule is C/C(=C\c1ccc(O[C@@H]2O[C@H](C(C)ON=Cc3cccc(Cl)c3)[C@@H](O)[C@@H]2O)c(O)c1)C(=O)N[C@@H]1[C@H](O)[C@@H](O)[C@H]2OCO[C@H]2[C@@H]1O. The van der Waals surface area contributed by atoms with Gasteiger partial charge in [0.15, 0.2) is 17.6 Å². The second-order valence-corrected chi connectivity index (χ2v) is 11.5. The standard InChI is InChI=1S/C30H35ClN2O12/c1-13(29(40)33-20-21(35)23(37)28-27(22(20)36)41-12-42-28)8-15-6-7-19(18(34)10-15)43-30-25(39)24(38)26(44-30)14(2)45-32-11-16-4-3-5-17(31)9-16/h3-11,14,20-28,30,34-39H,12H2,1-2H3,(H,33,40)/b13-8+,32-11?/t14?,20-,21+,22-,23-,24+,25+,26-,27+,28-,30-/m1/s1. The summed E-state index contributed by atoms with van der Waals surface area (Å²) in [6.45, 7) is 2.93. The monoisotopic (exact) mass is 650 g/mol. The first kappa shape index (κ1) is 33.1. The molecule has 2 aliphatic heterocycles. The highest BCUT2D eigenvalue weighted by Crippen LogP contribution is 2.34. The Morgan fingerprint density at radius 2 is 1.73 bits per heavy atom. The number of aliphatic hydroxyl groups excluding tert-OH is 5. The molecule has 2 aromatic rings. The summed E-state index contributed by atoms with van der Waals surface area (Å²) in [5.74, 6) is -1.04. The molecule has 3 fully saturated rings. The van der Waals surface area contributed by atoms with E-state index in [0.717, 1.165) is 0 Å². The van der Waals surface area contributed by atoms with E-state index in [0.29, 0.717) is 16.1 Å². The van der Waals surface area contributed by atoms with E-state index in [1.165, 1.54) is 37.4 Å². The molecule has 244 valence electrons. The molecule has 5 rings (SSSR count). The van der Waals surface area contributed by atoms with Crippen LogP contribution >= 0.6 is 11.6 Å². The van der Waals surface area contributed by atoms with Gasteiger partial charge in [0.05, 0.1) is 12.3 Å². The molecule has 0 aromatic heterocycles. The van der Waals surface area contributed by atoms with Crippen LogP contribution in [0.4, 0.5) is 0 Å². The Morgan fingerprint density at radius 3 is 2.44 bits per heavy atom. The van der Waals surface area contributed by atoms with Crippen LogP contribution in [0.3, 0.4) is 0 Å². The minimum absolute atomic E-state index is 0.0607. The van der Waals surface area contributed by atoms with Gasteiger partial charge >= 0.3 is 0 Å². The van der Waals surface area contributed by atoms with Crippen molar-refractivity contribution in [3.8, 4) is 11.5 Å². The Kier molecular flexibility index (Phi) is 10.3. The van der Waals surface area contributed by atoms with Crippen molar-refractivity contribution >= 4 is 29.8 Å². The van der Waals surface area contributed by atoms with E-state index in [2.05, 4.69) is 10.5 Å². The number of benzene rings is 2. The predicted octanol–water partition coefficient (Wildman–Crippen LogP) is 0.0362. The number of phenolic OH excluding ortho intramolecular Hbond substituents is 1. The van der Waals surface area contributed by atoms with Crippen LogP contribution in [0, 0.1) is 0 Å². The van der Waals surface area contributed by atoms with Crippen molar-refractivity contribution < 1.29 is 59.2 Å². The van der Waals surface area contributed by atoms with E-state index in [1.807, 2.05) is 0 Å². The Morgan fingerprint density at radius 1 is 1.00 bits per heavy atom. The molecule has 0 radical (unpaired) electrons. The minimum atomic E-state index is -1.50. The van der Waals surface area contributed by atoms with Gasteiger partial charge in [-0.2, -0.15) is 0 Å². The highest BCUT2D eigenvalue weighted by Gasteiger charge is 2.53. The van der Waals surface area contributed by atoms with Gasteiger partial charge in [-0.1, -0.05) is 35.0 Å². The second kappa shape index (κ2) is 14.0. The molecule has 45 heavy (non-hydrogen) atoms. The Balaban J connectivity index is 1.18. The van der Waals surface area contributed by atoms with Gasteiger partial charge in [0.1, 0.15) is 55.6 Å². The average molecular weight is 651 g/mol. The highest BCUT2D eigenvalue weighted by atomic mass is 35.5. The minimum Gasteiger partial charge on any atom is -0.504 e. The van der Waals surface area contributed by atoms with Gasteiger partial charge in [0.25, 0.3) is 0 Å². The van der Waals surface area contributed by atoms with Crippen LogP contribution in [0.25, 0.3) is 6.08 Å². The zero-order valence-corrected chi connectivity index (χ0v) is 25.0. The zero-order valence-electron chi connectivity index (χ0n) is 24.2. The number of fused-ring (bicyclic) bond motifs is 1. The van der Waals surface area contributed by atoms with E-state index in [-0.39, 0.29) is 23.9 Å². The number of hydrogen-bond donors (Lipinski definition) is 7. The number of nitrogens with one attached hydrogen (secondary N) is 1. The van der Waals surface area contributed by atoms with Crippen LogP contribution < -0.4 is 10.1 Å². The van der Waals surface area contributed by atoms with Gasteiger partial charge in [0.2, 0.25) is 12.2 Å². The normalized spacial score (nSPS) is 34.0. The van der Waals surface area contributed by atoms with Crippen LogP contribution in [-0.4, -0.2) is 117 Å². The number of phenols is 1. The lowest BCUT2D eigenvalue weighted by molar-refractivity contribution is -0.155. The van der Waals surface area contributed by atoms with Crippen molar-refractivity contribution in [3.05, 3.63) is 64.2 Å². The number of aliphatic hydroxyl groups is 5. The summed E-state index contributed by atoms with van der Waals surface area (Å²) < 4.78 is 21.8. The van der Waals surface area contributed by atoms with Crippen LogP contribution in [0.1, 0.15) is 25.0 Å². The molecule has 2 aromatic carbocycles. The average Bonchev–Trinajstić information content (AvgIpc) is 3.61. The first-order chi connectivity index (χ1) is 21.4. The molecule has 1 amide bonds. The fraction of sp³-hybridized carbons (Fsp3) is 0.467. The number of halogens is 1. The maximum Gasteiger partial charge on any atom is 0.247 e. The molecule has 14 nitrogen and oxygen atoms in total. The highest BCUT2D eigenvalue weighted by molar-refractivity contribution is 6.30. The van der Waals surface area contributed by atoms with Gasteiger partial charge in [-0.05, 0) is 55.3 Å². The summed E-state index contributed by atoms with van der Waals surface area (Å²) in [5.41, 5.74) is 1.26. The fourth-order valence-corrected chi connectivity index (χ4v) is 5.58. The number of rotatable bonds is 9. The number of ether oxygens (including phenoxy) is 4. The lowest BCUT2D eigenvalue weighted by Crippen LogP contribution is -2.67. The molecule has 2 saturated heterocycles. The van der Waals surface area contributed by atoms with Crippen molar-refractivity contribution in [2.45, 2.75) is 81.1 Å². The van der Waals surface area contributed by atoms with E-state index < -0.39 is 73.2 Å². The zero-order chi connectivity index (χ0) is 32.4. The van der Waals surface area contributed by atoms with Gasteiger partial charge in [-0.25, -0.2) is 0 Å². The Labute approximate surface area is 263 Å². The molecule has 15 heteroatoms. The maximum atomic E-state index is 12.9. The van der Waals surface area contributed by atoms with E-state index in [1.54, 1.807) is 31.2 Å². The molecule has 0 spiro atoms. The number of carbonyl (C=O) groups excluding carboxylic acids is 1. The molecule has 11 atom stereocenters.